The molecular formula is C25H29N5O2. The number of nitrogen functional groups attached to an aromatic ring is 1. The van der Waals surface area contributed by atoms with Crippen molar-refractivity contribution in [1.29, 1.82) is 0 Å². The molecule has 1 aromatic carbocycles. The molecule has 7 heteroatoms. The summed E-state index contributed by atoms with van der Waals surface area (Å²) in [5.41, 5.74) is 8.66. The number of hydrogen-bond donors (Lipinski definition) is 1. The van der Waals surface area contributed by atoms with Gasteiger partial charge in [0.25, 0.3) is 5.91 Å². The Hall–Kier alpha value is -3.22. The van der Waals surface area contributed by atoms with Crippen LogP contribution in [0, 0.1) is 5.41 Å². The molecule has 1 aliphatic carbocycles. The van der Waals surface area contributed by atoms with Gasteiger partial charge >= 0.3 is 0 Å². The van der Waals surface area contributed by atoms with Gasteiger partial charge in [-0.1, -0.05) is 0 Å². The number of rotatable bonds is 1. The summed E-state index contributed by atoms with van der Waals surface area (Å²) in [6, 6.07) is 9.18. The minimum Gasteiger partial charge on any atom is -0.384 e. The van der Waals surface area contributed by atoms with Crippen molar-refractivity contribution in [3.63, 3.8) is 0 Å². The maximum Gasteiger partial charge on any atom is 0.253 e. The molecule has 0 unspecified atom stereocenters. The largest absolute Gasteiger partial charge is 0.384 e. The van der Waals surface area contributed by atoms with Crippen molar-refractivity contribution in [1.82, 2.24) is 19.7 Å². The molecule has 0 radical (unpaired) electrons. The molecule has 0 saturated carbocycles. The van der Waals surface area contributed by atoms with E-state index >= 15 is 0 Å². The molecule has 32 heavy (non-hydrogen) atoms. The summed E-state index contributed by atoms with van der Waals surface area (Å²) in [7, 11) is 0. The van der Waals surface area contributed by atoms with Crippen LogP contribution in [0.3, 0.4) is 0 Å². The molecule has 3 heterocycles. The first-order chi connectivity index (χ1) is 15.1. The number of nitrogens with zero attached hydrogens (tertiary/aromatic N) is 4. The number of carbonyl (C=O) groups is 2. The Morgan fingerprint density at radius 1 is 1.09 bits per heavy atom. The van der Waals surface area contributed by atoms with Crippen LogP contribution in [-0.4, -0.2) is 44.4 Å². The standard InChI is InChI=1S/C25H29N5O2/c1-24(2,3)30-15-18-13-25(14-20(31)22(18)28-30)8-10-29(11-9-25)23(32)17-4-6-19-16(12-17)5-7-21(26)27-19/h4-7,12,15H,8-11,13-14H2,1-3H3,(H2,26,27). The number of amides is 1. The highest BCUT2D eigenvalue weighted by atomic mass is 16.2. The third-order valence-corrected chi connectivity index (χ3v) is 6.91. The summed E-state index contributed by atoms with van der Waals surface area (Å²) < 4.78 is 1.91. The number of aromatic nitrogens is 3. The number of benzene rings is 1. The number of hydrogen-bond acceptors (Lipinski definition) is 5. The van der Waals surface area contributed by atoms with Gasteiger partial charge in [-0.25, -0.2) is 4.98 Å². The van der Waals surface area contributed by atoms with E-state index in [-0.39, 0.29) is 22.6 Å². The van der Waals surface area contributed by atoms with Gasteiger partial charge in [-0.15, -0.1) is 0 Å². The minimum absolute atomic E-state index is 0.0296. The highest BCUT2D eigenvalue weighted by Gasteiger charge is 2.43. The van der Waals surface area contributed by atoms with Gasteiger partial charge in [-0.05, 0) is 75.8 Å². The SMILES string of the molecule is CC(C)(C)n1cc2c(n1)C(=O)CC1(CCN(C(=O)c3ccc4nc(N)ccc4c3)CC1)C2. The third-order valence-electron chi connectivity index (χ3n) is 6.91. The van der Waals surface area contributed by atoms with Gasteiger partial charge in [0.2, 0.25) is 0 Å². The van der Waals surface area contributed by atoms with Gasteiger partial charge < -0.3 is 10.6 Å². The van der Waals surface area contributed by atoms with Crippen molar-refractivity contribution >= 4 is 28.4 Å². The van der Waals surface area contributed by atoms with Crippen LogP contribution < -0.4 is 5.73 Å². The van der Waals surface area contributed by atoms with Crippen LogP contribution in [0.4, 0.5) is 5.82 Å². The second kappa shape index (κ2) is 7.15. The summed E-state index contributed by atoms with van der Waals surface area (Å²) in [5.74, 6) is 0.633. The number of nitrogens with two attached hydrogens (primary N) is 1. The number of Topliss-reactive ketones (excluding diaryl/α,β-unsaturated/α-hetero) is 1. The zero-order valence-electron chi connectivity index (χ0n) is 18.9. The van der Waals surface area contributed by atoms with Gasteiger partial charge in [0, 0.05) is 42.2 Å². The quantitative estimate of drug-likeness (QED) is 0.632. The second-order valence-corrected chi connectivity index (χ2v) is 10.3. The molecule has 5 rings (SSSR count). The van der Waals surface area contributed by atoms with Crippen molar-refractivity contribution in [2.24, 2.45) is 5.41 Å². The van der Waals surface area contributed by atoms with Gasteiger partial charge in [-0.3, -0.25) is 14.3 Å². The molecule has 0 bridgehead atoms. The Morgan fingerprint density at radius 3 is 2.56 bits per heavy atom. The minimum atomic E-state index is -0.151. The zero-order valence-corrected chi connectivity index (χ0v) is 18.9. The van der Waals surface area contributed by atoms with Crippen LogP contribution in [0.15, 0.2) is 36.5 Å². The Balaban J connectivity index is 1.31. The van der Waals surface area contributed by atoms with Crippen molar-refractivity contribution in [3.05, 3.63) is 53.3 Å². The van der Waals surface area contributed by atoms with Crippen LogP contribution >= 0.6 is 0 Å². The number of likely N-dealkylation sites (tertiary alicyclic amines) is 1. The zero-order chi connectivity index (χ0) is 22.7. The lowest BCUT2D eigenvalue weighted by molar-refractivity contribution is 0.0520. The van der Waals surface area contributed by atoms with Gasteiger partial charge in [-0.2, -0.15) is 5.10 Å². The number of piperidine rings is 1. The number of anilines is 1. The molecule has 2 aliphatic rings. The highest BCUT2D eigenvalue weighted by Crippen LogP contribution is 2.43. The summed E-state index contributed by atoms with van der Waals surface area (Å²) in [6.45, 7) is 7.59. The Bertz CT molecular complexity index is 1230. The number of ketones is 1. The molecule has 1 amide bonds. The average molecular weight is 432 g/mol. The molecule has 1 spiro atoms. The maximum atomic E-state index is 13.2. The molecule has 3 aromatic rings. The first-order valence-corrected chi connectivity index (χ1v) is 11.2. The highest BCUT2D eigenvalue weighted by molar-refractivity contribution is 5.99. The van der Waals surface area contributed by atoms with E-state index < -0.39 is 0 Å². The molecule has 0 atom stereocenters. The van der Waals surface area contributed by atoms with E-state index in [0.29, 0.717) is 36.6 Å². The van der Waals surface area contributed by atoms with Crippen molar-refractivity contribution < 1.29 is 9.59 Å². The average Bonchev–Trinajstić information content (AvgIpc) is 3.18. The first kappa shape index (κ1) is 20.7. The number of pyridine rings is 1. The topological polar surface area (TPSA) is 94.1 Å². The van der Waals surface area contributed by atoms with E-state index in [0.717, 1.165) is 35.7 Å². The van der Waals surface area contributed by atoms with E-state index in [1.165, 1.54) is 0 Å². The molecule has 166 valence electrons. The maximum absolute atomic E-state index is 13.2. The van der Waals surface area contributed by atoms with Crippen LogP contribution in [0.1, 0.15) is 66.4 Å². The number of carbonyl (C=O) groups excluding carboxylic acids is 2. The Labute approximate surface area is 187 Å². The van der Waals surface area contributed by atoms with Gasteiger partial charge in [0.15, 0.2) is 5.78 Å². The number of fused-ring (bicyclic) bond motifs is 2. The van der Waals surface area contributed by atoms with Crippen LogP contribution in [0.25, 0.3) is 10.9 Å². The second-order valence-electron chi connectivity index (χ2n) is 10.3. The van der Waals surface area contributed by atoms with Crippen molar-refractivity contribution in [2.45, 2.75) is 52.0 Å². The molecule has 1 saturated heterocycles. The molecular weight excluding hydrogens is 402 g/mol. The van der Waals surface area contributed by atoms with Crippen molar-refractivity contribution in [2.75, 3.05) is 18.8 Å². The molecule has 2 N–H and O–H groups in total. The van der Waals surface area contributed by atoms with Crippen molar-refractivity contribution in [3.8, 4) is 0 Å². The lowest BCUT2D eigenvalue weighted by Gasteiger charge is -2.43. The Morgan fingerprint density at radius 2 is 1.84 bits per heavy atom. The molecule has 1 aliphatic heterocycles. The smallest absolute Gasteiger partial charge is 0.253 e. The van der Waals surface area contributed by atoms with Gasteiger partial charge in [0.05, 0.1) is 11.1 Å². The summed E-state index contributed by atoms with van der Waals surface area (Å²) in [4.78, 5) is 32.3. The fourth-order valence-electron chi connectivity index (χ4n) is 5.00. The van der Waals surface area contributed by atoms with Crippen LogP contribution in [-0.2, 0) is 12.0 Å². The summed E-state index contributed by atoms with van der Waals surface area (Å²) in [6.07, 6.45) is 5.08. The predicted molar refractivity (Wildman–Crippen MR) is 124 cm³/mol. The Kier molecular flexibility index (Phi) is 4.62. The fraction of sp³-hybridized carbons (Fsp3) is 0.440. The summed E-state index contributed by atoms with van der Waals surface area (Å²) >= 11 is 0. The van der Waals surface area contributed by atoms with E-state index in [1.807, 2.05) is 40.0 Å². The summed E-state index contributed by atoms with van der Waals surface area (Å²) in [5, 5.41) is 5.49. The normalized spacial score (nSPS) is 18.2. The lowest BCUT2D eigenvalue weighted by Crippen LogP contribution is -2.46. The van der Waals surface area contributed by atoms with E-state index in [4.69, 9.17) is 5.73 Å². The molecule has 1 fully saturated rings. The predicted octanol–water partition coefficient (Wildman–Crippen LogP) is 3.82. The lowest BCUT2D eigenvalue weighted by atomic mass is 9.67. The van der Waals surface area contributed by atoms with Gasteiger partial charge in [0.1, 0.15) is 11.5 Å². The fourth-order valence-corrected chi connectivity index (χ4v) is 5.00. The monoisotopic (exact) mass is 431 g/mol. The third kappa shape index (κ3) is 3.55. The van der Waals surface area contributed by atoms with E-state index in [1.54, 1.807) is 6.07 Å². The first-order valence-electron chi connectivity index (χ1n) is 11.2. The molecule has 7 nitrogen and oxygen atoms in total. The molecule has 2 aromatic heterocycles. The van der Waals surface area contributed by atoms with E-state index in [9.17, 15) is 9.59 Å². The van der Waals surface area contributed by atoms with E-state index in [2.05, 4.69) is 30.9 Å². The van der Waals surface area contributed by atoms with Crippen LogP contribution in [0.2, 0.25) is 0 Å². The van der Waals surface area contributed by atoms with Crippen LogP contribution in [0.5, 0.6) is 0 Å².